The molecule has 2 aromatic carbocycles. The Kier molecular flexibility index (Phi) is 7.44. The lowest BCUT2D eigenvalue weighted by Crippen LogP contribution is -2.47. The first kappa shape index (κ1) is 24.1. The van der Waals surface area contributed by atoms with E-state index in [4.69, 9.17) is 9.97 Å². The van der Waals surface area contributed by atoms with Crippen LogP contribution in [0.15, 0.2) is 58.8 Å². The van der Waals surface area contributed by atoms with Gasteiger partial charge in [0.05, 0.1) is 12.2 Å². The molecule has 0 saturated carbocycles. The molecule has 0 spiro atoms. The minimum atomic E-state index is 0.761. The van der Waals surface area contributed by atoms with Gasteiger partial charge in [-0.25, -0.2) is 0 Å². The van der Waals surface area contributed by atoms with E-state index in [0.29, 0.717) is 0 Å². The standard InChI is InChI=1S/C29H38N8/c1-2-9-25-22-26(11-10-24(25)8-1)33-30-12-7-13-34-18-20-36(21-19-34)28-23-27(35-14-3-4-15-35)31-29(32-28)37-16-5-6-17-37/h1-2,8-11,22-23H,3-7,12-21H2. The van der Waals surface area contributed by atoms with Crippen LogP contribution in [0.2, 0.25) is 0 Å². The molecule has 8 nitrogen and oxygen atoms in total. The maximum absolute atomic E-state index is 5.04. The SMILES string of the molecule is c1ccc2cc(N=NCCCN3CCN(c4cc(N5CCCC5)nc(N5CCCC5)n4)CC3)ccc2c1. The third-order valence-electron chi connectivity index (χ3n) is 7.85. The van der Waals surface area contributed by atoms with Gasteiger partial charge in [-0.15, -0.1) is 0 Å². The fourth-order valence-electron chi connectivity index (χ4n) is 5.67. The van der Waals surface area contributed by atoms with E-state index in [2.05, 4.69) is 72.3 Å². The highest BCUT2D eigenvalue weighted by Crippen LogP contribution is 2.28. The van der Waals surface area contributed by atoms with Gasteiger partial charge < -0.3 is 14.7 Å². The van der Waals surface area contributed by atoms with Crippen molar-refractivity contribution < 1.29 is 0 Å². The lowest BCUT2D eigenvalue weighted by molar-refractivity contribution is 0.255. The Balaban J connectivity index is 1.01. The highest BCUT2D eigenvalue weighted by molar-refractivity contribution is 5.85. The molecule has 4 heterocycles. The average Bonchev–Trinajstić information content (AvgIpc) is 3.68. The summed E-state index contributed by atoms with van der Waals surface area (Å²) in [4.78, 5) is 19.8. The summed E-state index contributed by atoms with van der Waals surface area (Å²) in [5, 5.41) is 11.3. The molecular formula is C29H38N8. The van der Waals surface area contributed by atoms with Crippen LogP contribution in [0.5, 0.6) is 0 Å². The number of rotatable bonds is 8. The van der Waals surface area contributed by atoms with Crippen LogP contribution < -0.4 is 14.7 Å². The van der Waals surface area contributed by atoms with Crippen molar-refractivity contribution in [3.05, 3.63) is 48.5 Å². The van der Waals surface area contributed by atoms with Gasteiger partial charge in [-0.1, -0.05) is 30.3 Å². The van der Waals surface area contributed by atoms with E-state index in [9.17, 15) is 0 Å². The van der Waals surface area contributed by atoms with E-state index in [1.807, 2.05) is 6.07 Å². The number of anilines is 3. The highest BCUT2D eigenvalue weighted by atomic mass is 15.3. The number of piperazine rings is 1. The monoisotopic (exact) mass is 498 g/mol. The normalized spacial score (nSPS) is 19.1. The number of hydrogen-bond donors (Lipinski definition) is 0. The molecule has 3 aliphatic rings. The van der Waals surface area contributed by atoms with E-state index in [1.165, 1.54) is 36.5 Å². The molecule has 0 N–H and O–H groups in total. The Bertz CT molecular complexity index is 1170. The Labute approximate surface area is 220 Å². The van der Waals surface area contributed by atoms with Crippen molar-refractivity contribution in [3.8, 4) is 0 Å². The summed E-state index contributed by atoms with van der Waals surface area (Å²) in [5.74, 6) is 3.14. The van der Waals surface area contributed by atoms with Crippen LogP contribution in [0.3, 0.4) is 0 Å². The summed E-state index contributed by atoms with van der Waals surface area (Å²) in [6, 6.07) is 16.9. The molecule has 0 unspecified atom stereocenters. The molecule has 194 valence electrons. The molecule has 3 aliphatic heterocycles. The molecule has 0 amide bonds. The second-order valence-electron chi connectivity index (χ2n) is 10.5. The Morgan fingerprint density at radius 1 is 0.649 bits per heavy atom. The Morgan fingerprint density at radius 2 is 1.30 bits per heavy atom. The van der Waals surface area contributed by atoms with Crippen molar-refractivity contribution in [2.45, 2.75) is 32.1 Å². The largest absolute Gasteiger partial charge is 0.356 e. The van der Waals surface area contributed by atoms with Crippen LogP contribution in [0.25, 0.3) is 10.8 Å². The summed E-state index contributed by atoms with van der Waals surface area (Å²) in [7, 11) is 0. The first-order chi connectivity index (χ1) is 18.3. The lowest BCUT2D eigenvalue weighted by Gasteiger charge is -2.36. The molecule has 1 aromatic heterocycles. The van der Waals surface area contributed by atoms with Gasteiger partial charge in [-0.2, -0.15) is 20.2 Å². The molecule has 0 aliphatic carbocycles. The summed E-state index contributed by atoms with van der Waals surface area (Å²) in [5.41, 5.74) is 0.929. The smallest absolute Gasteiger partial charge is 0.229 e. The van der Waals surface area contributed by atoms with Crippen molar-refractivity contribution in [1.29, 1.82) is 0 Å². The number of fused-ring (bicyclic) bond motifs is 1. The third kappa shape index (κ3) is 5.85. The van der Waals surface area contributed by atoms with Gasteiger partial charge in [-0.05, 0) is 55.0 Å². The predicted octanol–water partition coefficient (Wildman–Crippen LogP) is 5.13. The molecule has 0 atom stereocenters. The van der Waals surface area contributed by atoms with Gasteiger partial charge in [0.15, 0.2) is 0 Å². The highest BCUT2D eigenvalue weighted by Gasteiger charge is 2.24. The summed E-state index contributed by atoms with van der Waals surface area (Å²) < 4.78 is 0. The molecule has 0 bridgehead atoms. The first-order valence-corrected chi connectivity index (χ1v) is 14.0. The topological polar surface area (TPSA) is 63.5 Å². The number of hydrogen-bond acceptors (Lipinski definition) is 8. The average molecular weight is 499 g/mol. The minimum Gasteiger partial charge on any atom is -0.356 e. The van der Waals surface area contributed by atoms with E-state index >= 15 is 0 Å². The molecule has 0 radical (unpaired) electrons. The van der Waals surface area contributed by atoms with E-state index in [-0.39, 0.29) is 0 Å². The summed E-state index contributed by atoms with van der Waals surface area (Å²) in [6.45, 7) is 10.3. The van der Waals surface area contributed by atoms with Gasteiger partial charge >= 0.3 is 0 Å². The third-order valence-corrected chi connectivity index (χ3v) is 7.85. The first-order valence-electron chi connectivity index (χ1n) is 14.0. The second kappa shape index (κ2) is 11.4. The number of nitrogens with zero attached hydrogens (tertiary/aromatic N) is 8. The van der Waals surface area contributed by atoms with Crippen molar-refractivity contribution in [2.75, 3.05) is 80.1 Å². The molecule has 3 fully saturated rings. The molecule has 3 saturated heterocycles. The van der Waals surface area contributed by atoms with Crippen molar-refractivity contribution in [2.24, 2.45) is 10.2 Å². The van der Waals surface area contributed by atoms with Gasteiger partial charge in [0.25, 0.3) is 0 Å². The number of azo groups is 1. The van der Waals surface area contributed by atoms with Crippen LogP contribution in [0.1, 0.15) is 32.1 Å². The molecule has 3 aromatic rings. The second-order valence-corrected chi connectivity index (χ2v) is 10.5. The lowest BCUT2D eigenvalue weighted by atomic mass is 10.1. The fourth-order valence-corrected chi connectivity index (χ4v) is 5.67. The van der Waals surface area contributed by atoms with Crippen LogP contribution in [-0.4, -0.2) is 80.3 Å². The quantitative estimate of drug-likeness (QED) is 0.317. The van der Waals surface area contributed by atoms with Gasteiger partial charge in [0.2, 0.25) is 5.95 Å². The Morgan fingerprint density at radius 3 is 2.03 bits per heavy atom. The Hall–Kier alpha value is -3.26. The van der Waals surface area contributed by atoms with E-state index < -0.39 is 0 Å². The van der Waals surface area contributed by atoms with Crippen LogP contribution in [-0.2, 0) is 0 Å². The molecule has 6 rings (SSSR count). The molecular weight excluding hydrogens is 460 g/mol. The number of aromatic nitrogens is 2. The minimum absolute atomic E-state index is 0.761. The summed E-state index contributed by atoms with van der Waals surface area (Å²) in [6.07, 6.45) is 6.04. The molecule has 37 heavy (non-hydrogen) atoms. The predicted molar refractivity (Wildman–Crippen MR) is 152 cm³/mol. The number of benzene rings is 2. The zero-order valence-electron chi connectivity index (χ0n) is 21.8. The van der Waals surface area contributed by atoms with Crippen LogP contribution >= 0.6 is 0 Å². The van der Waals surface area contributed by atoms with E-state index in [1.54, 1.807) is 0 Å². The fraction of sp³-hybridized carbons (Fsp3) is 0.517. The van der Waals surface area contributed by atoms with Crippen LogP contribution in [0, 0.1) is 0 Å². The molecule has 8 heteroatoms. The summed E-state index contributed by atoms with van der Waals surface area (Å²) >= 11 is 0. The van der Waals surface area contributed by atoms with Crippen molar-refractivity contribution >= 4 is 34.0 Å². The zero-order valence-corrected chi connectivity index (χ0v) is 21.8. The van der Waals surface area contributed by atoms with Crippen LogP contribution in [0.4, 0.5) is 23.3 Å². The van der Waals surface area contributed by atoms with Gasteiger partial charge in [0.1, 0.15) is 11.6 Å². The van der Waals surface area contributed by atoms with E-state index in [0.717, 1.165) is 95.1 Å². The maximum atomic E-state index is 5.04. The van der Waals surface area contributed by atoms with Gasteiger partial charge in [-0.3, -0.25) is 4.90 Å². The van der Waals surface area contributed by atoms with Crippen molar-refractivity contribution in [3.63, 3.8) is 0 Å². The van der Waals surface area contributed by atoms with Gasteiger partial charge in [0, 0.05) is 65.0 Å². The maximum Gasteiger partial charge on any atom is 0.229 e. The zero-order chi connectivity index (χ0) is 24.9. The van der Waals surface area contributed by atoms with Crippen molar-refractivity contribution in [1.82, 2.24) is 14.9 Å².